The van der Waals surface area contributed by atoms with Crippen molar-refractivity contribution >= 4 is 27.9 Å². The molecule has 0 fully saturated rings. The number of carbonyl (C=O) groups is 1. The van der Waals surface area contributed by atoms with E-state index in [-0.39, 0.29) is 11.5 Å². The molecule has 26 heavy (non-hydrogen) atoms. The van der Waals surface area contributed by atoms with Gasteiger partial charge in [0.15, 0.2) is 4.96 Å². The minimum atomic E-state index is -0.285. The van der Waals surface area contributed by atoms with E-state index in [4.69, 9.17) is 0 Å². The Labute approximate surface area is 152 Å². The van der Waals surface area contributed by atoms with Crippen LogP contribution in [0.15, 0.2) is 64.9 Å². The number of hydrogen-bond acceptors (Lipinski definition) is 5. The number of hydrogen-bond donors (Lipinski definition) is 1. The Balaban J connectivity index is 1.71. The van der Waals surface area contributed by atoms with Gasteiger partial charge in [-0.05, 0) is 31.2 Å². The molecule has 0 atom stereocenters. The molecule has 7 heteroatoms. The fourth-order valence-electron chi connectivity index (χ4n) is 2.68. The normalized spacial score (nSPS) is 10.8. The molecule has 4 rings (SSSR count). The van der Waals surface area contributed by atoms with E-state index >= 15 is 0 Å². The average Bonchev–Trinajstić information content (AvgIpc) is 3.07. The van der Waals surface area contributed by atoms with Crippen molar-refractivity contribution in [2.24, 2.45) is 0 Å². The lowest BCUT2D eigenvalue weighted by molar-refractivity contribution is 0.102. The van der Waals surface area contributed by atoms with E-state index in [1.54, 1.807) is 41.8 Å². The molecule has 0 aliphatic rings. The van der Waals surface area contributed by atoms with Gasteiger partial charge in [0.25, 0.3) is 11.5 Å². The monoisotopic (exact) mass is 362 g/mol. The van der Waals surface area contributed by atoms with Gasteiger partial charge in [-0.25, -0.2) is 4.98 Å². The number of benzene rings is 1. The van der Waals surface area contributed by atoms with Crippen LogP contribution in [0.1, 0.15) is 16.2 Å². The van der Waals surface area contributed by atoms with Gasteiger partial charge in [0.2, 0.25) is 0 Å². The smallest absolute Gasteiger partial charge is 0.274 e. The molecular formula is C19H14N4O2S. The Bertz CT molecular complexity index is 1170. The maximum atomic E-state index is 12.4. The zero-order valence-electron chi connectivity index (χ0n) is 13.8. The van der Waals surface area contributed by atoms with Crippen LogP contribution >= 0.6 is 11.3 Å². The van der Waals surface area contributed by atoms with E-state index in [1.807, 2.05) is 23.6 Å². The van der Waals surface area contributed by atoms with Crippen LogP contribution in [-0.4, -0.2) is 20.3 Å². The summed E-state index contributed by atoms with van der Waals surface area (Å²) in [6, 6.07) is 14.0. The molecule has 3 aromatic heterocycles. The Hall–Kier alpha value is -3.32. The van der Waals surface area contributed by atoms with E-state index < -0.39 is 0 Å². The van der Waals surface area contributed by atoms with Gasteiger partial charge in [0.1, 0.15) is 5.69 Å². The molecule has 6 nitrogen and oxygen atoms in total. The first-order valence-electron chi connectivity index (χ1n) is 7.92. The fourth-order valence-corrected chi connectivity index (χ4v) is 3.63. The molecule has 0 bridgehead atoms. The summed E-state index contributed by atoms with van der Waals surface area (Å²) in [7, 11) is 0. The fraction of sp³-hybridized carbons (Fsp3) is 0.0526. The summed E-state index contributed by atoms with van der Waals surface area (Å²) in [5, 5.41) is 4.72. The SMILES string of the molecule is Cc1cc(=O)n2c(-c3cccc(NC(=O)c4ccccn4)c3)csc2n1. The summed E-state index contributed by atoms with van der Waals surface area (Å²) in [6.45, 7) is 1.80. The van der Waals surface area contributed by atoms with Gasteiger partial charge in [0.05, 0.1) is 5.69 Å². The highest BCUT2D eigenvalue weighted by atomic mass is 32.1. The zero-order chi connectivity index (χ0) is 18.1. The van der Waals surface area contributed by atoms with Crippen LogP contribution in [-0.2, 0) is 0 Å². The lowest BCUT2D eigenvalue weighted by Crippen LogP contribution is -2.14. The van der Waals surface area contributed by atoms with Crippen molar-refractivity contribution in [2.75, 3.05) is 5.32 Å². The van der Waals surface area contributed by atoms with Crippen LogP contribution < -0.4 is 10.9 Å². The molecule has 1 N–H and O–H groups in total. The largest absolute Gasteiger partial charge is 0.321 e. The third-order valence-corrected chi connectivity index (χ3v) is 4.67. The maximum Gasteiger partial charge on any atom is 0.274 e. The maximum absolute atomic E-state index is 12.4. The second-order valence-electron chi connectivity index (χ2n) is 5.72. The Kier molecular flexibility index (Phi) is 4.06. The number of carbonyl (C=O) groups excluding carboxylic acids is 1. The number of aryl methyl sites for hydroxylation is 1. The van der Waals surface area contributed by atoms with Crippen molar-refractivity contribution in [3.63, 3.8) is 0 Å². The van der Waals surface area contributed by atoms with Gasteiger partial charge < -0.3 is 5.32 Å². The number of nitrogens with one attached hydrogen (secondary N) is 1. The van der Waals surface area contributed by atoms with E-state index in [0.717, 1.165) is 11.3 Å². The first-order valence-corrected chi connectivity index (χ1v) is 8.80. The number of rotatable bonds is 3. The Morgan fingerprint density at radius 1 is 1.15 bits per heavy atom. The average molecular weight is 362 g/mol. The molecule has 0 aliphatic carbocycles. The molecule has 0 aliphatic heterocycles. The number of pyridine rings is 1. The van der Waals surface area contributed by atoms with Crippen molar-refractivity contribution in [3.05, 3.63) is 81.8 Å². The van der Waals surface area contributed by atoms with E-state index in [9.17, 15) is 9.59 Å². The molecule has 1 aromatic carbocycles. The summed E-state index contributed by atoms with van der Waals surface area (Å²) in [5.41, 5.74) is 3.12. The molecule has 0 saturated heterocycles. The first-order chi connectivity index (χ1) is 12.6. The molecule has 0 saturated carbocycles. The highest BCUT2D eigenvalue weighted by molar-refractivity contribution is 7.15. The number of thiazole rings is 1. The Morgan fingerprint density at radius 2 is 2.04 bits per heavy atom. The van der Waals surface area contributed by atoms with Crippen LogP contribution in [0, 0.1) is 6.92 Å². The zero-order valence-corrected chi connectivity index (χ0v) is 14.7. The number of amides is 1. The lowest BCUT2D eigenvalue weighted by atomic mass is 10.1. The lowest BCUT2D eigenvalue weighted by Gasteiger charge is -2.07. The van der Waals surface area contributed by atoms with E-state index in [0.29, 0.717) is 22.0 Å². The van der Waals surface area contributed by atoms with Gasteiger partial charge >= 0.3 is 0 Å². The van der Waals surface area contributed by atoms with Crippen molar-refractivity contribution < 1.29 is 4.79 Å². The van der Waals surface area contributed by atoms with Crippen LogP contribution in [0.25, 0.3) is 16.2 Å². The minimum absolute atomic E-state index is 0.119. The standard InChI is InChI=1S/C19H14N4O2S/c1-12-9-17(24)23-16(11-26-19(23)21-12)13-5-4-6-14(10-13)22-18(25)15-7-2-3-8-20-15/h2-11H,1H3,(H,22,25). The van der Waals surface area contributed by atoms with Crippen molar-refractivity contribution in [1.29, 1.82) is 0 Å². The van der Waals surface area contributed by atoms with E-state index in [1.165, 1.54) is 17.4 Å². The highest BCUT2D eigenvalue weighted by Crippen LogP contribution is 2.26. The number of anilines is 1. The molecule has 0 spiro atoms. The second kappa shape index (κ2) is 6.53. The van der Waals surface area contributed by atoms with Gasteiger partial charge in [-0.2, -0.15) is 0 Å². The van der Waals surface area contributed by atoms with Crippen molar-refractivity contribution in [3.8, 4) is 11.3 Å². The van der Waals surface area contributed by atoms with Gasteiger partial charge in [-0.1, -0.05) is 18.2 Å². The van der Waals surface area contributed by atoms with Crippen LogP contribution in [0.3, 0.4) is 0 Å². The Morgan fingerprint density at radius 3 is 2.85 bits per heavy atom. The summed E-state index contributed by atoms with van der Waals surface area (Å²) < 4.78 is 1.58. The predicted octanol–water partition coefficient (Wildman–Crippen LogP) is 3.38. The molecular weight excluding hydrogens is 348 g/mol. The topological polar surface area (TPSA) is 76.4 Å². The van der Waals surface area contributed by atoms with E-state index in [2.05, 4.69) is 15.3 Å². The minimum Gasteiger partial charge on any atom is -0.321 e. The van der Waals surface area contributed by atoms with Crippen LogP contribution in [0.5, 0.6) is 0 Å². The number of nitrogens with zero attached hydrogens (tertiary/aromatic N) is 3. The van der Waals surface area contributed by atoms with Gasteiger partial charge in [-0.15, -0.1) is 11.3 Å². The molecule has 4 aromatic rings. The first kappa shape index (κ1) is 16.2. The quantitative estimate of drug-likeness (QED) is 0.606. The van der Waals surface area contributed by atoms with Gasteiger partial charge in [-0.3, -0.25) is 19.0 Å². The van der Waals surface area contributed by atoms with Crippen molar-refractivity contribution in [1.82, 2.24) is 14.4 Å². The van der Waals surface area contributed by atoms with Crippen LogP contribution in [0.2, 0.25) is 0 Å². The van der Waals surface area contributed by atoms with Gasteiger partial charge in [0, 0.05) is 34.6 Å². The summed E-state index contributed by atoms with van der Waals surface area (Å²) in [6.07, 6.45) is 1.57. The van der Waals surface area contributed by atoms with Crippen molar-refractivity contribution in [2.45, 2.75) is 6.92 Å². The third kappa shape index (κ3) is 3.00. The summed E-state index contributed by atoms with van der Waals surface area (Å²) in [5.74, 6) is -0.285. The highest BCUT2D eigenvalue weighted by Gasteiger charge is 2.12. The number of aromatic nitrogens is 3. The molecule has 3 heterocycles. The molecule has 0 radical (unpaired) electrons. The summed E-state index contributed by atoms with van der Waals surface area (Å²) >= 11 is 1.41. The molecule has 128 valence electrons. The third-order valence-electron chi connectivity index (χ3n) is 3.85. The summed E-state index contributed by atoms with van der Waals surface area (Å²) in [4.78, 5) is 33.7. The molecule has 0 unspecified atom stereocenters. The van der Waals surface area contributed by atoms with Crippen LogP contribution in [0.4, 0.5) is 5.69 Å². The molecule has 1 amide bonds. The second-order valence-corrected chi connectivity index (χ2v) is 6.56. The number of fused-ring (bicyclic) bond motifs is 1. The predicted molar refractivity (Wildman–Crippen MR) is 102 cm³/mol.